The summed E-state index contributed by atoms with van der Waals surface area (Å²) in [5.41, 5.74) is 6.86. The highest BCUT2D eigenvalue weighted by Gasteiger charge is 2.17. The molecule has 1 aliphatic rings. The summed E-state index contributed by atoms with van der Waals surface area (Å²) in [6, 6.07) is 11.7. The van der Waals surface area contributed by atoms with Crippen LogP contribution in [0.25, 0.3) is 17.2 Å². The van der Waals surface area contributed by atoms with Gasteiger partial charge >= 0.3 is 0 Å². The van der Waals surface area contributed by atoms with Crippen molar-refractivity contribution in [3.05, 3.63) is 64.6 Å². The molecule has 1 fully saturated rings. The lowest BCUT2D eigenvalue weighted by Gasteiger charge is -2.36. The molecule has 4 rings (SSSR count). The molecule has 5 heteroatoms. The summed E-state index contributed by atoms with van der Waals surface area (Å²) < 4.78 is 2.31. The highest BCUT2D eigenvalue weighted by molar-refractivity contribution is 5.76. The van der Waals surface area contributed by atoms with Gasteiger partial charge in [0.2, 0.25) is 0 Å². The molecule has 0 unspecified atom stereocenters. The number of nitrogens with zero attached hydrogens (tertiary/aromatic N) is 5. The zero-order chi connectivity index (χ0) is 23.4. The van der Waals surface area contributed by atoms with Gasteiger partial charge in [0.25, 0.3) is 0 Å². The second kappa shape index (κ2) is 10.6. The van der Waals surface area contributed by atoms with E-state index < -0.39 is 0 Å². The van der Waals surface area contributed by atoms with Crippen molar-refractivity contribution in [1.29, 1.82) is 0 Å². The molecule has 0 N–H and O–H groups in total. The van der Waals surface area contributed by atoms with Gasteiger partial charge in [0, 0.05) is 50.9 Å². The molecular weight excluding hydrogens is 406 g/mol. The maximum absolute atomic E-state index is 4.94. The number of fused-ring (bicyclic) bond motifs is 1. The van der Waals surface area contributed by atoms with Gasteiger partial charge in [-0.1, -0.05) is 43.3 Å². The third-order valence-electron chi connectivity index (χ3n) is 6.71. The largest absolute Gasteiger partial charge is 0.308 e. The van der Waals surface area contributed by atoms with Gasteiger partial charge in [-0.25, -0.2) is 9.97 Å². The third-order valence-corrected chi connectivity index (χ3v) is 6.71. The van der Waals surface area contributed by atoms with Crippen molar-refractivity contribution in [2.75, 3.05) is 32.7 Å². The lowest BCUT2D eigenvalue weighted by atomic mass is 10.1. The fraction of sp³-hybridized carbons (Fsp3) is 0.500. The molecule has 0 amide bonds. The highest BCUT2D eigenvalue weighted by Crippen LogP contribution is 2.22. The van der Waals surface area contributed by atoms with E-state index in [1.54, 1.807) is 0 Å². The Morgan fingerprint density at radius 3 is 2.39 bits per heavy atom. The second-order valence-corrected chi connectivity index (χ2v) is 9.69. The van der Waals surface area contributed by atoms with E-state index in [0.29, 0.717) is 6.04 Å². The van der Waals surface area contributed by atoms with Gasteiger partial charge in [-0.05, 0) is 56.9 Å². The van der Waals surface area contributed by atoms with Crippen LogP contribution in [0.1, 0.15) is 55.4 Å². The molecule has 2 aromatic heterocycles. The molecular formula is C28H39N5. The molecule has 0 spiro atoms. The minimum atomic E-state index is 0.656. The van der Waals surface area contributed by atoms with E-state index in [9.17, 15) is 0 Å². The number of rotatable bonds is 8. The van der Waals surface area contributed by atoms with Crippen molar-refractivity contribution < 1.29 is 0 Å². The first-order valence-electron chi connectivity index (χ1n) is 12.5. The average Bonchev–Trinajstić information content (AvgIpc) is 3.13. The Morgan fingerprint density at radius 1 is 1.00 bits per heavy atom. The van der Waals surface area contributed by atoms with Crippen LogP contribution in [0, 0.1) is 13.8 Å². The summed E-state index contributed by atoms with van der Waals surface area (Å²) >= 11 is 0. The third kappa shape index (κ3) is 5.71. The summed E-state index contributed by atoms with van der Waals surface area (Å²) in [5.74, 6) is 1.13. The Kier molecular flexibility index (Phi) is 7.61. The number of imidazole rings is 1. The number of piperazine rings is 1. The Hall–Kier alpha value is -2.50. The first-order chi connectivity index (χ1) is 15.9. The standard InChI is InChI=1S/C28H39N5/c1-6-8-26-30-27-22(4)19-23(5)29-28(27)33(26)20-25-12-10-24(11-13-25)9-7-14-31-15-17-32(18-16-31)21(2)3/h7,9-13,19,21H,6,8,14-18,20H2,1-5H3. The smallest absolute Gasteiger partial charge is 0.160 e. The summed E-state index contributed by atoms with van der Waals surface area (Å²) in [6.45, 7) is 17.5. The molecule has 0 atom stereocenters. The zero-order valence-electron chi connectivity index (χ0n) is 21.0. The van der Waals surface area contributed by atoms with E-state index in [1.807, 2.05) is 0 Å². The summed E-state index contributed by atoms with van der Waals surface area (Å²) in [5, 5.41) is 0. The predicted molar refractivity (Wildman–Crippen MR) is 139 cm³/mol. The number of aryl methyl sites for hydroxylation is 3. The van der Waals surface area contributed by atoms with Crippen molar-refractivity contribution in [3.63, 3.8) is 0 Å². The molecule has 3 aromatic rings. The van der Waals surface area contributed by atoms with E-state index in [-0.39, 0.29) is 0 Å². The number of pyridine rings is 1. The summed E-state index contributed by atoms with van der Waals surface area (Å²) in [6.07, 6.45) is 6.61. The Morgan fingerprint density at radius 2 is 1.73 bits per heavy atom. The Bertz CT molecular complexity index is 1090. The van der Waals surface area contributed by atoms with Crippen molar-refractivity contribution in [1.82, 2.24) is 24.3 Å². The topological polar surface area (TPSA) is 37.2 Å². The Balaban J connectivity index is 1.41. The van der Waals surface area contributed by atoms with Crippen molar-refractivity contribution >= 4 is 17.2 Å². The molecule has 176 valence electrons. The van der Waals surface area contributed by atoms with E-state index in [0.717, 1.165) is 61.7 Å². The fourth-order valence-corrected chi connectivity index (χ4v) is 4.75. The van der Waals surface area contributed by atoms with Gasteiger partial charge in [-0.2, -0.15) is 0 Å². The van der Waals surface area contributed by atoms with Crippen LogP contribution in [0.2, 0.25) is 0 Å². The molecule has 0 radical (unpaired) electrons. The SMILES string of the molecule is CCCc1nc2c(C)cc(C)nc2n1Cc1ccc(C=CCN2CCN(C(C)C)CC2)cc1. The predicted octanol–water partition coefficient (Wildman–Crippen LogP) is 5.09. The minimum Gasteiger partial charge on any atom is -0.308 e. The molecule has 1 aliphatic heterocycles. The van der Waals surface area contributed by atoms with Gasteiger partial charge in [-0.15, -0.1) is 0 Å². The average molecular weight is 446 g/mol. The number of hydrogen-bond acceptors (Lipinski definition) is 4. The number of aromatic nitrogens is 3. The number of hydrogen-bond donors (Lipinski definition) is 0. The molecule has 1 saturated heterocycles. The molecule has 0 bridgehead atoms. The van der Waals surface area contributed by atoms with Crippen LogP contribution in [0.15, 0.2) is 36.4 Å². The van der Waals surface area contributed by atoms with E-state index in [2.05, 4.69) is 91.5 Å². The van der Waals surface area contributed by atoms with E-state index >= 15 is 0 Å². The van der Waals surface area contributed by atoms with E-state index in [1.165, 1.54) is 29.8 Å². The molecule has 33 heavy (non-hydrogen) atoms. The monoisotopic (exact) mass is 445 g/mol. The van der Waals surface area contributed by atoms with Gasteiger partial charge in [0.05, 0.1) is 6.54 Å². The molecule has 5 nitrogen and oxygen atoms in total. The fourth-order valence-electron chi connectivity index (χ4n) is 4.75. The summed E-state index contributed by atoms with van der Waals surface area (Å²) in [7, 11) is 0. The molecule has 0 aliphatic carbocycles. The van der Waals surface area contributed by atoms with Crippen LogP contribution < -0.4 is 0 Å². The maximum Gasteiger partial charge on any atom is 0.160 e. The first kappa shape index (κ1) is 23.7. The van der Waals surface area contributed by atoms with Crippen LogP contribution in [0.5, 0.6) is 0 Å². The first-order valence-corrected chi connectivity index (χ1v) is 12.5. The zero-order valence-corrected chi connectivity index (χ0v) is 21.0. The van der Waals surface area contributed by atoms with E-state index in [4.69, 9.17) is 9.97 Å². The van der Waals surface area contributed by atoms with Crippen LogP contribution in [0.3, 0.4) is 0 Å². The normalized spacial score (nSPS) is 15.9. The molecule has 0 saturated carbocycles. The highest BCUT2D eigenvalue weighted by atomic mass is 15.3. The van der Waals surface area contributed by atoms with Gasteiger partial charge < -0.3 is 4.57 Å². The lowest BCUT2D eigenvalue weighted by molar-refractivity contribution is 0.117. The van der Waals surface area contributed by atoms with Crippen molar-refractivity contribution in [2.24, 2.45) is 0 Å². The van der Waals surface area contributed by atoms with Gasteiger partial charge in [-0.3, -0.25) is 9.80 Å². The van der Waals surface area contributed by atoms with Gasteiger partial charge in [0.1, 0.15) is 11.3 Å². The van der Waals surface area contributed by atoms with Crippen LogP contribution in [-0.4, -0.2) is 63.1 Å². The quantitative estimate of drug-likeness (QED) is 0.484. The molecule has 3 heterocycles. The van der Waals surface area contributed by atoms with Crippen LogP contribution in [-0.2, 0) is 13.0 Å². The lowest BCUT2D eigenvalue weighted by Crippen LogP contribution is -2.48. The maximum atomic E-state index is 4.94. The molecule has 1 aromatic carbocycles. The van der Waals surface area contributed by atoms with Crippen LogP contribution in [0.4, 0.5) is 0 Å². The summed E-state index contributed by atoms with van der Waals surface area (Å²) in [4.78, 5) is 14.9. The minimum absolute atomic E-state index is 0.656. The second-order valence-electron chi connectivity index (χ2n) is 9.69. The Labute approximate surface area is 199 Å². The number of benzene rings is 1. The van der Waals surface area contributed by atoms with Crippen molar-refractivity contribution in [3.8, 4) is 0 Å². The van der Waals surface area contributed by atoms with Crippen molar-refractivity contribution in [2.45, 2.75) is 60.0 Å². The van der Waals surface area contributed by atoms with Gasteiger partial charge in [0.15, 0.2) is 5.65 Å². The van der Waals surface area contributed by atoms with Crippen LogP contribution >= 0.6 is 0 Å².